The molecule has 1 fully saturated rings. The van der Waals surface area contributed by atoms with Gasteiger partial charge in [-0.15, -0.1) is 10.2 Å². The lowest BCUT2D eigenvalue weighted by Crippen LogP contribution is -2.69. The van der Waals surface area contributed by atoms with Crippen molar-refractivity contribution >= 4 is 17.8 Å². The number of ether oxygens (including phenoxy) is 3. The minimum absolute atomic E-state index is 0.0141. The molecule has 1 aromatic heterocycles. The molecule has 1 aliphatic rings. The monoisotopic (exact) mass is 466 g/mol. The van der Waals surface area contributed by atoms with Gasteiger partial charge in [-0.25, -0.2) is 4.79 Å². The van der Waals surface area contributed by atoms with Crippen molar-refractivity contribution in [2.24, 2.45) is 0 Å². The van der Waals surface area contributed by atoms with Crippen LogP contribution in [-0.4, -0.2) is 46.9 Å². The van der Waals surface area contributed by atoms with E-state index in [1.807, 2.05) is 6.92 Å². The van der Waals surface area contributed by atoms with Crippen LogP contribution in [0.15, 0.2) is 59.3 Å². The number of carbonyl (C=O) groups is 3. The zero-order valence-electron chi connectivity index (χ0n) is 18.3. The molecular formula is C23H22N4O7. The van der Waals surface area contributed by atoms with Crippen LogP contribution in [0.25, 0.3) is 11.5 Å². The van der Waals surface area contributed by atoms with Crippen LogP contribution in [0, 0.1) is 0 Å². The molecule has 176 valence electrons. The molecule has 3 aromatic rings. The van der Waals surface area contributed by atoms with Gasteiger partial charge in [0.1, 0.15) is 17.2 Å². The van der Waals surface area contributed by atoms with Crippen molar-refractivity contribution < 1.29 is 33.0 Å². The summed E-state index contributed by atoms with van der Waals surface area (Å²) in [5.41, 5.74) is -1.19. The van der Waals surface area contributed by atoms with Gasteiger partial charge in [0.2, 0.25) is 12.3 Å². The Morgan fingerprint density at radius 2 is 1.71 bits per heavy atom. The van der Waals surface area contributed by atoms with E-state index in [2.05, 4.69) is 20.8 Å². The first-order chi connectivity index (χ1) is 16.5. The number of amides is 4. The number of aromatic nitrogens is 2. The maximum Gasteiger partial charge on any atom is 0.328 e. The number of urea groups is 1. The first kappa shape index (κ1) is 22.9. The number of hydrogen-bond donors (Lipinski definition) is 2. The summed E-state index contributed by atoms with van der Waals surface area (Å²) >= 11 is 0. The van der Waals surface area contributed by atoms with Gasteiger partial charge in [-0.3, -0.25) is 20.2 Å². The van der Waals surface area contributed by atoms with Crippen molar-refractivity contribution in [2.45, 2.75) is 25.4 Å². The topological polar surface area (TPSA) is 142 Å². The maximum absolute atomic E-state index is 12.7. The predicted molar refractivity (Wildman–Crippen MR) is 117 cm³/mol. The van der Waals surface area contributed by atoms with Crippen molar-refractivity contribution in [3.8, 4) is 28.7 Å². The van der Waals surface area contributed by atoms with Crippen LogP contribution >= 0.6 is 0 Å². The smallest absolute Gasteiger partial charge is 0.328 e. The fourth-order valence-corrected chi connectivity index (χ4v) is 3.38. The molecule has 2 N–H and O–H groups in total. The fraction of sp³-hybridized carbons (Fsp3) is 0.261. The van der Waals surface area contributed by atoms with Crippen LogP contribution in [0.1, 0.15) is 19.8 Å². The van der Waals surface area contributed by atoms with Gasteiger partial charge >= 0.3 is 6.03 Å². The quantitative estimate of drug-likeness (QED) is 0.341. The Morgan fingerprint density at radius 1 is 0.971 bits per heavy atom. The molecule has 11 heteroatoms. The Labute approximate surface area is 194 Å². The first-order valence-corrected chi connectivity index (χ1v) is 10.6. The lowest BCUT2D eigenvalue weighted by molar-refractivity contribution is -0.152. The van der Waals surface area contributed by atoms with E-state index < -0.39 is 23.4 Å². The Kier molecular flexibility index (Phi) is 6.83. The first-order valence-electron chi connectivity index (χ1n) is 10.6. The molecule has 1 saturated heterocycles. The molecule has 4 rings (SSSR count). The van der Waals surface area contributed by atoms with Crippen molar-refractivity contribution in [1.82, 2.24) is 20.8 Å². The SMILES string of the molecule is CCOCCCC1(Oc2cccc(Oc3ccc(-c4nnco4)cc3)c2)C(=O)NC(=O)NC1=O. The van der Waals surface area contributed by atoms with Crippen molar-refractivity contribution in [3.63, 3.8) is 0 Å². The molecule has 2 aromatic carbocycles. The second kappa shape index (κ2) is 10.1. The van der Waals surface area contributed by atoms with E-state index in [-0.39, 0.29) is 12.2 Å². The van der Waals surface area contributed by atoms with E-state index in [9.17, 15) is 14.4 Å². The largest absolute Gasteiger partial charge is 0.467 e. The van der Waals surface area contributed by atoms with Crippen LogP contribution in [0.3, 0.4) is 0 Å². The number of carbonyl (C=O) groups excluding carboxylic acids is 3. The highest BCUT2D eigenvalue weighted by molar-refractivity contribution is 6.21. The van der Waals surface area contributed by atoms with Crippen LogP contribution in [-0.2, 0) is 14.3 Å². The van der Waals surface area contributed by atoms with Gasteiger partial charge in [0, 0.05) is 31.3 Å². The van der Waals surface area contributed by atoms with Gasteiger partial charge in [0.15, 0.2) is 0 Å². The lowest BCUT2D eigenvalue weighted by Gasteiger charge is -2.34. The van der Waals surface area contributed by atoms with E-state index in [0.29, 0.717) is 37.0 Å². The summed E-state index contributed by atoms with van der Waals surface area (Å²) in [6.07, 6.45) is 1.63. The van der Waals surface area contributed by atoms with E-state index in [1.54, 1.807) is 48.5 Å². The minimum Gasteiger partial charge on any atom is -0.467 e. The summed E-state index contributed by atoms with van der Waals surface area (Å²) in [6, 6.07) is 12.6. The molecule has 0 aliphatic carbocycles. The average molecular weight is 466 g/mol. The number of nitrogens with one attached hydrogen (secondary N) is 2. The summed E-state index contributed by atoms with van der Waals surface area (Å²) in [5.74, 6) is -0.109. The maximum atomic E-state index is 12.7. The molecule has 0 saturated carbocycles. The Morgan fingerprint density at radius 3 is 2.38 bits per heavy atom. The second-order valence-electron chi connectivity index (χ2n) is 7.31. The zero-order valence-corrected chi connectivity index (χ0v) is 18.3. The number of rotatable bonds is 10. The summed E-state index contributed by atoms with van der Waals surface area (Å²) in [5, 5.41) is 11.7. The number of hydrogen-bond acceptors (Lipinski definition) is 9. The third kappa shape index (κ3) is 5.04. The molecule has 2 heterocycles. The molecule has 0 radical (unpaired) electrons. The molecule has 4 amide bonds. The molecule has 0 unspecified atom stereocenters. The van der Waals surface area contributed by atoms with Crippen LogP contribution in [0.2, 0.25) is 0 Å². The highest BCUT2D eigenvalue weighted by Crippen LogP contribution is 2.31. The van der Waals surface area contributed by atoms with E-state index in [4.69, 9.17) is 18.6 Å². The number of benzene rings is 2. The number of imide groups is 2. The lowest BCUT2D eigenvalue weighted by atomic mass is 9.93. The highest BCUT2D eigenvalue weighted by atomic mass is 16.5. The summed E-state index contributed by atoms with van der Waals surface area (Å²) in [7, 11) is 0. The number of barbiturate groups is 1. The van der Waals surface area contributed by atoms with Crippen LogP contribution in [0.5, 0.6) is 17.2 Å². The van der Waals surface area contributed by atoms with Gasteiger partial charge in [0.05, 0.1) is 0 Å². The van der Waals surface area contributed by atoms with Gasteiger partial charge < -0.3 is 18.6 Å². The molecule has 0 bridgehead atoms. The van der Waals surface area contributed by atoms with Crippen molar-refractivity contribution in [3.05, 3.63) is 54.9 Å². The van der Waals surface area contributed by atoms with E-state index in [1.165, 1.54) is 6.39 Å². The summed E-state index contributed by atoms with van der Waals surface area (Å²) < 4.78 is 22.3. The minimum atomic E-state index is -1.92. The zero-order chi connectivity index (χ0) is 24.0. The molecule has 34 heavy (non-hydrogen) atoms. The third-order valence-corrected chi connectivity index (χ3v) is 5.00. The van der Waals surface area contributed by atoms with Crippen LogP contribution in [0.4, 0.5) is 4.79 Å². The Balaban J connectivity index is 1.51. The molecule has 11 nitrogen and oxygen atoms in total. The highest BCUT2D eigenvalue weighted by Gasteiger charge is 2.52. The second-order valence-corrected chi connectivity index (χ2v) is 7.31. The van der Waals surface area contributed by atoms with Crippen LogP contribution < -0.4 is 20.1 Å². The normalized spacial score (nSPS) is 14.9. The van der Waals surface area contributed by atoms with E-state index >= 15 is 0 Å². The average Bonchev–Trinajstić information content (AvgIpc) is 3.36. The molecular weight excluding hydrogens is 444 g/mol. The van der Waals surface area contributed by atoms with E-state index in [0.717, 1.165) is 5.56 Å². The Hall–Kier alpha value is -4.25. The van der Waals surface area contributed by atoms with Gasteiger partial charge in [-0.1, -0.05) is 6.07 Å². The van der Waals surface area contributed by atoms with Gasteiger partial charge in [-0.2, -0.15) is 0 Å². The number of nitrogens with zero attached hydrogens (tertiary/aromatic N) is 2. The fourth-order valence-electron chi connectivity index (χ4n) is 3.38. The summed E-state index contributed by atoms with van der Waals surface area (Å²) in [6.45, 7) is 2.67. The van der Waals surface area contributed by atoms with Crippen molar-refractivity contribution in [2.75, 3.05) is 13.2 Å². The van der Waals surface area contributed by atoms with Gasteiger partial charge in [-0.05, 0) is 49.7 Å². The predicted octanol–water partition coefficient (Wildman–Crippen LogP) is 2.83. The Bertz CT molecular complexity index is 1140. The van der Waals surface area contributed by atoms with Gasteiger partial charge in [0.25, 0.3) is 17.4 Å². The molecule has 0 spiro atoms. The standard InChI is InChI=1S/C23H22N4O7/c1-2-31-12-4-11-23(20(28)25-22(30)26-21(23)29)34-18-6-3-5-17(13-18)33-16-9-7-15(8-10-16)19-27-24-14-32-19/h3,5-10,13-14H,2,4,11-12H2,1H3,(H2,25,26,28,29,30). The molecule has 1 aliphatic heterocycles. The third-order valence-electron chi connectivity index (χ3n) is 5.00. The van der Waals surface area contributed by atoms with Crippen molar-refractivity contribution in [1.29, 1.82) is 0 Å². The molecule has 0 atom stereocenters. The summed E-state index contributed by atoms with van der Waals surface area (Å²) in [4.78, 5) is 37.0.